The lowest BCUT2D eigenvalue weighted by Crippen LogP contribution is -2.55. The Morgan fingerprint density at radius 1 is 1.04 bits per heavy atom. The number of carbonyl (C=O) groups excluding carboxylic acids is 1. The quantitative estimate of drug-likeness (QED) is 0.826. The highest BCUT2D eigenvalue weighted by Gasteiger charge is 2.26. The highest BCUT2D eigenvalue weighted by molar-refractivity contribution is 5.75. The van der Waals surface area contributed by atoms with E-state index in [4.69, 9.17) is 4.74 Å². The maximum atomic E-state index is 13.3. The Hall–Kier alpha value is -2.19. The van der Waals surface area contributed by atoms with Crippen LogP contribution in [0.25, 0.3) is 11.0 Å². The van der Waals surface area contributed by atoms with Gasteiger partial charge >= 0.3 is 6.03 Å². The van der Waals surface area contributed by atoms with Crippen molar-refractivity contribution in [3.8, 4) is 0 Å². The van der Waals surface area contributed by atoms with Crippen LogP contribution in [0.4, 0.5) is 9.18 Å². The fourth-order valence-electron chi connectivity index (χ4n) is 3.58. The fourth-order valence-corrected chi connectivity index (χ4v) is 3.58. The molecular formula is C18H24FN5O2. The molecular weight excluding hydrogens is 337 g/mol. The number of aromatic nitrogens is 2. The van der Waals surface area contributed by atoms with Gasteiger partial charge in [-0.15, -0.1) is 0 Å². The number of morpholine rings is 1. The van der Waals surface area contributed by atoms with E-state index in [0.717, 1.165) is 44.8 Å². The van der Waals surface area contributed by atoms with Gasteiger partial charge in [0.1, 0.15) is 5.82 Å². The zero-order valence-corrected chi connectivity index (χ0v) is 14.8. The van der Waals surface area contributed by atoms with Crippen molar-refractivity contribution in [3.05, 3.63) is 30.3 Å². The number of halogens is 1. The van der Waals surface area contributed by atoms with Crippen LogP contribution in [0, 0.1) is 5.82 Å². The first kappa shape index (κ1) is 17.2. The molecule has 26 heavy (non-hydrogen) atoms. The molecule has 2 fully saturated rings. The molecule has 0 atom stereocenters. The monoisotopic (exact) mass is 361 g/mol. The van der Waals surface area contributed by atoms with Gasteiger partial charge in [0, 0.05) is 58.4 Å². The molecule has 2 aliphatic rings. The number of piperazine rings is 1. The zero-order valence-electron chi connectivity index (χ0n) is 14.8. The molecule has 0 bridgehead atoms. The molecule has 0 aliphatic carbocycles. The first-order valence-electron chi connectivity index (χ1n) is 9.15. The largest absolute Gasteiger partial charge is 0.378 e. The fraction of sp³-hybridized carbons (Fsp3) is 0.556. The first-order valence-corrected chi connectivity index (χ1v) is 9.15. The number of rotatable bonds is 3. The molecule has 0 spiro atoms. The third-order valence-corrected chi connectivity index (χ3v) is 5.16. The molecule has 1 aromatic heterocycles. The van der Waals surface area contributed by atoms with E-state index in [2.05, 4.69) is 14.5 Å². The van der Waals surface area contributed by atoms with E-state index < -0.39 is 0 Å². The van der Waals surface area contributed by atoms with Crippen LogP contribution in [0.5, 0.6) is 0 Å². The first-order chi connectivity index (χ1) is 12.7. The molecule has 0 saturated carbocycles. The summed E-state index contributed by atoms with van der Waals surface area (Å²) in [5.41, 5.74) is 1.64. The van der Waals surface area contributed by atoms with Crippen LogP contribution in [-0.4, -0.2) is 89.3 Å². The molecule has 0 unspecified atom stereocenters. The number of fused-ring (bicyclic) bond motifs is 1. The van der Waals surface area contributed by atoms with E-state index in [9.17, 15) is 9.18 Å². The van der Waals surface area contributed by atoms with Crippen LogP contribution in [0.1, 0.15) is 0 Å². The summed E-state index contributed by atoms with van der Waals surface area (Å²) in [5, 5.41) is 0. The van der Waals surface area contributed by atoms with Crippen LogP contribution in [0.3, 0.4) is 0 Å². The molecule has 140 valence electrons. The number of ether oxygens (including phenoxy) is 1. The van der Waals surface area contributed by atoms with Gasteiger partial charge in [-0.05, 0) is 12.1 Å². The van der Waals surface area contributed by atoms with Gasteiger partial charge in [-0.25, -0.2) is 14.2 Å². The van der Waals surface area contributed by atoms with E-state index in [1.165, 1.54) is 12.1 Å². The van der Waals surface area contributed by atoms with Crippen molar-refractivity contribution in [2.24, 2.45) is 0 Å². The van der Waals surface area contributed by atoms with Crippen molar-refractivity contribution < 1.29 is 13.9 Å². The summed E-state index contributed by atoms with van der Waals surface area (Å²) < 4.78 is 20.6. The van der Waals surface area contributed by atoms with Crippen LogP contribution < -0.4 is 0 Å². The van der Waals surface area contributed by atoms with Gasteiger partial charge in [0.2, 0.25) is 0 Å². The lowest BCUT2D eigenvalue weighted by atomic mass is 10.3. The Balaban J connectivity index is 1.27. The molecule has 0 radical (unpaired) electrons. The van der Waals surface area contributed by atoms with Crippen molar-refractivity contribution in [2.75, 3.05) is 59.0 Å². The number of carbonyl (C=O) groups is 1. The molecule has 8 heteroatoms. The average molecular weight is 361 g/mol. The summed E-state index contributed by atoms with van der Waals surface area (Å²) in [6, 6.07) is 4.84. The minimum Gasteiger partial charge on any atom is -0.378 e. The zero-order chi connectivity index (χ0) is 17.9. The smallest absolute Gasteiger partial charge is 0.320 e. The maximum Gasteiger partial charge on any atom is 0.320 e. The summed E-state index contributed by atoms with van der Waals surface area (Å²) in [5.74, 6) is -0.260. The van der Waals surface area contributed by atoms with Gasteiger partial charge in [-0.2, -0.15) is 0 Å². The summed E-state index contributed by atoms with van der Waals surface area (Å²) >= 11 is 0. The predicted molar refractivity (Wildman–Crippen MR) is 95.5 cm³/mol. The van der Waals surface area contributed by atoms with Crippen molar-refractivity contribution in [3.63, 3.8) is 0 Å². The molecule has 3 heterocycles. The molecule has 4 rings (SSSR count). The minimum atomic E-state index is -0.260. The molecule has 2 saturated heterocycles. The van der Waals surface area contributed by atoms with E-state index >= 15 is 0 Å². The lowest BCUT2D eigenvalue weighted by Gasteiger charge is -2.38. The number of benzene rings is 1. The van der Waals surface area contributed by atoms with Crippen LogP contribution in [0.15, 0.2) is 24.5 Å². The number of amides is 2. The van der Waals surface area contributed by atoms with Crippen molar-refractivity contribution in [1.82, 2.24) is 24.3 Å². The third kappa shape index (κ3) is 3.66. The second kappa shape index (κ2) is 7.59. The molecule has 2 aromatic rings. The molecule has 0 N–H and O–H groups in total. The van der Waals surface area contributed by atoms with Crippen LogP contribution in [-0.2, 0) is 11.3 Å². The maximum absolute atomic E-state index is 13.3. The Kier molecular flexibility index (Phi) is 5.03. The predicted octanol–water partition coefficient (Wildman–Crippen LogP) is 1.25. The molecule has 2 aliphatic heterocycles. The lowest BCUT2D eigenvalue weighted by molar-refractivity contribution is 0.0375. The Morgan fingerprint density at radius 3 is 2.54 bits per heavy atom. The van der Waals surface area contributed by atoms with Crippen LogP contribution in [0.2, 0.25) is 0 Å². The number of nitrogens with zero attached hydrogens (tertiary/aromatic N) is 5. The third-order valence-electron chi connectivity index (χ3n) is 5.16. The second-order valence-electron chi connectivity index (χ2n) is 6.78. The number of hydrogen-bond acceptors (Lipinski definition) is 4. The Bertz CT molecular complexity index is 766. The van der Waals surface area contributed by atoms with E-state index in [1.54, 1.807) is 12.4 Å². The Morgan fingerprint density at radius 2 is 1.77 bits per heavy atom. The van der Waals surface area contributed by atoms with Crippen LogP contribution >= 0.6 is 0 Å². The van der Waals surface area contributed by atoms with E-state index in [1.807, 2.05) is 9.80 Å². The van der Waals surface area contributed by atoms with Gasteiger partial charge in [0.15, 0.2) is 0 Å². The van der Waals surface area contributed by atoms with E-state index in [-0.39, 0.29) is 11.8 Å². The van der Waals surface area contributed by atoms with Gasteiger partial charge in [0.05, 0.1) is 30.6 Å². The normalized spacial score (nSPS) is 19.3. The average Bonchev–Trinajstić information content (AvgIpc) is 3.09. The topological polar surface area (TPSA) is 53.8 Å². The van der Waals surface area contributed by atoms with Crippen molar-refractivity contribution >= 4 is 17.1 Å². The number of imidazole rings is 1. The summed E-state index contributed by atoms with van der Waals surface area (Å²) in [6.07, 6.45) is 1.77. The number of urea groups is 1. The van der Waals surface area contributed by atoms with E-state index in [0.29, 0.717) is 31.8 Å². The van der Waals surface area contributed by atoms with Gasteiger partial charge in [0.25, 0.3) is 0 Å². The minimum absolute atomic E-state index is 0.135. The standard InChI is InChI=1S/C18H24FN5O2/c19-15-1-2-17-16(13-15)20-14-24(17)8-5-21-3-6-22(7-4-21)18(25)23-9-11-26-12-10-23/h1-2,13-14H,3-12H2. The van der Waals surface area contributed by atoms with Crippen molar-refractivity contribution in [2.45, 2.75) is 6.54 Å². The second-order valence-corrected chi connectivity index (χ2v) is 6.78. The summed E-state index contributed by atoms with van der Waals surface area (Å²) in [7, 11) is 0. The highest BCUT2D eigenvalue weighted by Crippen LogP contribution is 2.14. The van der Waals surface area contributed by atoms with Gasteiger partial charge in [-0.3, -0.25) is 4.90 Å². The molecule has 1 aromatic carbocycles. The summed E-state index contributed by atoms with van der Waals surface area (Å²) in [6.45, 7) is 7.60. The van der Waals surface area contributed by atoms with Gasteiger partial charge in [-0.1, -0.05) is 0 Å². The SMILES string of the molecule is O=C(N1CCOCC1)N1CCN(CCn2cnc3cc(F)ccc32)CC1. The van der Waals surface area contributed by atoms with Gasteiger partial charge < -0.3 is 19.1 Å². The molecule has 2 amide bonds. The molecule has 7 nitrogen and oxygen atoms in total. The highest BCUT2D eigenvalue weighted by atomic mass is 19.1. The van der Waals surface area contributed by atoms with Crippen molar-refractivity contribution in [1.29, 1.82) is 0 Å². The Labute approximate surface area is 151 Å². The summed E-state index contributed by atoms with van der Waals surface area (Å²) in [4.78, 5) is 23.0. The number of hydrogen-bond donors (Lipinski definition) is 0.